The minimum atomic E-state index is -0.396. The summed E-state index contributed by atoms with van der Waals surface area (Å²) < 4.78 is 2.13. The van der Waals surface area contributed by atoms with Crippen LogP contribution in [0.5, 0.6) is 0 Å². The fourth-order valence-electron chi connectivity index (χ4n) is 2.87. The summed E-state index contributed by atoms with van der Waals surface area (Å²) in [7, 11) is 0. The van der Waals surface area contributed by atoms with Gasteiger partial charge in [-0.2, -0.15) is 5.26 Å². The quantitative estimate of drug-likeness (QED) is 0.420. The third kappa shape index (κ3) is 3.73. The van der Waals surface area contributed by atoms with Crippen LogP contribution in [0, 0.1) is 11.3 Å². The molecule has 2 aromatic carbocycles. The van der Waals surface area contributed by atoms with E-state index in [1.165, 1.54) is 5.56 Å². The fourth-order valence-corrected chi connectivity index (χ4v) is 2.87. The molecule has 0 fully saturated rings. The largest absolute Gasteiger partial charge is 0.348 e. The Labute approximate surface area is 152 Å². The van der Waals surface area contributed by atoms with Crippen molar-refractivity contribution in [1.82, 2.24) is 9.88 Å². The zero-order valence-electron chi connectivity index (χ0n) is 14.4. The standard InChI is InChI=1S/C22H19N3O/c1-2-12-24-22(26)18(14-23)13-19-16-25(15-17-8-4-3-5-9-17)21-11-7-6-10-20(19)21/h2-11,13,16H,1,12,15H2,(H,24,26)/b18-13-. The molecule has 0 saturated carbocycles. The Hall–Kier alpha value is -3.58. The molecule has 0 saturated heterocycles. The molecule has 0 atom stereocenters. The van der Waals surface area contributed by atoms with Gasteiger partial charge in [-0.1, -0.05) is 54.6 Å². The summed E-state index contributed by atoms with van der Waals surface area (Å²) in [5, 5.41) is 13.0. The molecular weight excluding hydrogens is 322 g/mol. The second-order valence-corrected chi connectivity index (χ2v) is 5.88. The van der Waals surface area contributed by atoms with Crippen LogP contribution in [-0.4, -0.2) is 17.0 Å². The van der Waals surface area contributed by atoms with Crippen LogP contribution in [0.1, 0.15) is 11.1 Å². The molecule has 4 nitrogen and oxygen atoms in total. The van der Waals surface area contributed by atoms with E-state index >= 15 is 0 Å². The highest BCUT2D eigenvalue weighted by atomic mass is 16.1. The summed E-state index contributed by atoms with van der Waals surface area (Å²) in [6.07, 6.45) is 5.21. The molecule has 3 rings (SSSR count). The average Bonchev–Trinajstić information content (AvgIpc) is 3.02. The number of rotatable bonds is 6. The van der Waals surface area contributed by atoms with Crippen molar-refractivity contribution in [3.8, 4) is 6.07 Å². The lowest BCUT2D eigenvalue weighted by atomic mass is 10.1. The molecule has 0 unspecified atom stereocenters. The van der Waals surface area contributed by atoms with Crippen LogP contribution >= 0.6 is 0 Å². The number of nitrogens with one attached hydrogen (secondary N) is 1. The van der Waals surface area contributed by atoms with E-state index in [0.29, 0.717) is 6.54 Å². The van der Waals surface area contributed by atoms with Gasteiger partial charge in [-0.05, 0) is 17.7 Å². The molecule has 0 aliphatic heterocycles. The van der Waals surface area contributed by atoms with Crippen molar-refractivity contribution in [2.75, 3.05) is 6.54 Å². The summed E-state index contributed by atoms with van der Waals surface area (Å²) >= 11 is 0. The van der Waals surface area contributed by atoms with Crippen molar-refractivity contribution in [1.29, 1.82) is 5.26 Å². The van der Waals surface area contributed by atoms with Crippen molar-refractivity contribution < 1.29 is 4.79 Å². The molecule has 0 aliphatic rings. The Kier molecular flexibility index (Phi) is 5.31. The number of nitriles is 1. The molecule has 0 aliphatic carbocycles. The highest BCUT2D eigenvalue weighted by molar-refractivity contribution is 6.04. The van der Waals surface area contributed by atoms with Crippen LogP contribution in [0.25, 0.3) is 17.0 Å². The van der Waals surface area contributed by atoms with Crippen molar-refractivity contribution in [3.63, 3.8) is 0 Å². The van der Waals surface area contributed by atoms with Gasteiger partial charge in [-0.15, -0.1) is 6.58 Å². The lowest BCUT2D eigenvalue weighted by molar-refractivity contribution is -0.116. The molecule has 26 heavy (non-hydrogen) atoms. The molecular formula is C22H19N3O. The highest BCUT2D eigenvalue weighted by Crippen LogP contribution is 2.24. The third-order valence-corrected chi connectivity index (χ3v) is 4.09. The van der Waals surface area contributed by atoms with Gasteiger partial charge in [-0.3, -0.25) is 4.79 Å². The molecule has 1 N–H and O–H groups in total. The topological polar surface area (TPSA) is 57.8 Å². The molecule has 1 aromatic heterocycles. The van der Waals surface area contributed by atoms with Crippen LogP contribution in [0.15, 0.2) is 79.0 Å². The van der Waals surface area contributed by atoms with Gasteiger partial charge in [0.1, 0.15) is 11.6 Å². The van der Waals surface area contributed by atoms with Crippen molar-refractivity contribution in [2.24, 2.45) is 0 Å². The summed E-state index contributed by atoms with van der Waals surface area (Å²) in [6.45, 7) is 4.61. The molecule has 4 heteroatoms. The summed E-state index contributed by atoms with van der Waals surface area (Å²) in [6, 6.07) is 20.1. The predicted molar refractivity (Wildman–Crippen MR) is 104 cm³/mol. The van der Waals surface area contributed by atoms with Crippen molar-refractivity contribution >= 4 is 22.9 Å². The molecule has 1 amide bonds. The molecule has 3 aromatic rings. The molecule has 128 valence electrons. The highest BCUT2D eigenvalue weighted by Gasteiger charge is 2.12. The molecule has 0 spiro atoms. The fraction of sp³-hybridized carbons (Fsp3) is 0.0909. The number of hydrogen-bond acceptors (Lipinski definition) is 2. The van der Waals surface area contributed by atoms with Gasteiger partial charge >= 0.3 is 0 Å². The summed E-state index contributed by atoms with van der Waals surface area (Å²) in [5.74, 6) is -0.396. The van der Waals surface area contributed by atoms with Crippen LogP contribution in [0.4, 0.5) is 0 Å². The van der Waals surface area contributed by atoms with E-state index in [4.69, 9.17) is 0 Å². The van der Waals surface area contributed by atoms with E-state index in [1.54, 1.807) is 12.2 Å². The summed E-state index contributed by atoms with van der Waals surface area (Å²) in [5.41, 5.74) is 3.18. The normalized spacial score (nSPS) is 11.1. The van der Waals surface area contributed by atoms with Gasteiger partial charge in [0, 0.05) is 35.8 Å². The number of aromatic nitrogens is 1. The average molecular weight is 341 g/mol. The number of benzene rings is 2. The van der Waals surface area contributed by atoms with Gasteiger partial charge in [0.2, 0.25) is 0 Å². The number of hydrogen-bond donors (Lipinski definition) is 1. The van der Waals surface area contributed by atoms with Crippen LogP contribution < -0.4 is 5.32 Å². The zero-order chi connectivity index (χ0) is 18.4. The minimum Gasteiger partial charge on any atom is -0.348 e. The second kappa shape index (κ2) is 8.00. The van der Waals surface area contributed by atoms with Crippen LogP contribution in [0.2, 0.25) is 0 Å². The van der Waals surface area contributed by atoms with Crippen molar-refractivity contribution in [2.45, 2.75) is 6.54 Å². The lowest BCUT2D eigenvalue weighted by Gasteiger charge is -2.05. The number of carbonyl (C=O) groups is 1. The second-order valence-electron chi connectivity index (χ2n) is 5.88. The monoisotopic (exact) mass is 341 g/mol. The number of fused-ring (bicyclic) bond motifs is 1. The third-order valence-electron chi connectivity index (χ3n) is 4.09. The van der Waals surface area contributed by atoms with E-state index in [-0.39, 0.29) is 5.57 Å². The first kappa shape index (κ1) is 17.2. The molecule has 1 heterocycles. The Balaban J connectivity index is 2.01. The van der Waals surface area contributed by atoms with Crippen LogP contribution in [-0.2, 0) is 11.3 Å². The smallest absolute Gasteiger partial charge is 0.262 e. The van der Waals surface area contributed by atoms with Gasteiger partial charge in [0.25, 0.3) is 5.91 Å². The first-order chi connectivity index (χ1) is 12.7. The number of carbonyl (C=O) groups excluding carboxylic acids is 1. The Morgan fingerprint density at radius 3 is 2.62 bits per heavy atom. The minimum absolute atomic E-state index is 0.0782. The van der Waals surface area contributed by atoms with Gasteiger partial charge in [0.15, 0.2) is 0 Å². The van der Waals surface area contributed by atoms with E-state index in [2.05, 4.69) is 28.6 Å². The number of nitrogens with zero attached hydrogens (tertiary/aromatic N) is 2. The molecule has 0 radical (unpaired) electrons. The first-order valence-corrected chi connectivity index (χ1v) is 8.35. The van der Waals surface area contributed by atoms with E-state index in [1.807, 2.05) is 54.7 Å². The number of para-hydroxylation sites is 1. The first-order valence-electron chi connectivity index (χ1n) is 8.35. The maximum absolute atomic E-state index is 12.1. The predicted octanol–water partition coefficient (Wildman–Crippen LogP) is 3.90. The van der Waals surface area contributed by atoms with E-state index in [9.17, 15) is 10.1 Å². The van der Waals surface area contributed by atoms with E-state index < -0.39 is 5.91 Å². The zero-order valence-corrected chi connectivity index (χ0v) is 14.4. The SMILES string of the molecule is C=CCNC(=O)/C(C#N)=C\c1cn(Cc2ccccc2)c2ccccc12. The maximum atomic E-state index is 12.1. The lowest BCUT2D eigenvalue weighted by Crippen LogP contribution is -2.24. The Morgan fingerprint density at radius 1 is 1.15 bits per heavy atom. The number of amides is 1. The van der Waals surface area contributed by atoms with E-state index in [0.717, 1.165) is 23.0 Å². The Bertz CT molecular complexity index is 1010. The molecule has 0 bridgehead atoms. The Morgan fingerprint density at radius 2 is 1.88 bits per heavy atom. The van der Waals surface area contributed by atoms with Gasteiger partial charge in [0.05, 0.1) is 0 Å². The van der Waals surface area contributed by atoms with Gasteiger partial charge < -0.3 is 9.88 Å². The van der Waals surface area contributed by atoms with Gasteiger partial charge in [-0.25, -0.2) is 0 Å². The maximum Gasteiger partial charge on any atom is 0.262 e. The van der Waals surface area contributed by atoms with Crippen molar-refractivity contribution in [3.05, 3.63) is 90.1 Å². The van der Waals surface area contributed by atoms with Crippen LogP contribution in [0.3, 0.4) is 0 Å². The summed E-state index contributed by atoms with van der Waals surface area (Å²) in [4.78, 5) is 12.1.